The zero-order valence-electron chi connectivity index (χ0n) is 8.42. The number of benzene rings is 1. The van der Waals surface area contributed by atoms with E-state index in [9.17, 15) is 0 Å². The van der Waals surface area contributed by atoms with Crippen molar-refractivity contribution in [2.24, 2.45) is 9.98 Å². The van der Waals surface area contributed by atoms with Crippen molar-refractivity contribution in [2.75, 3.05) is 6.54 Å². The van der Waals surface area contributed by atoms with E-state index in [0.717, 1.165) is 24.2 Å². The molecular weight excluding hydrogens is 196 g/mol. The van der Waals surface area contributed by atoms with Crippen LogP contribution in [0.5, 0.6) is 0 Å². The SMILES string of the molecule is CCCN=C=Nc1cc(Cl)ccc1C. The summed E-state index contributed by atoms with van der Waals surface area (Å²) >= 11 is 5.84. The van der Waals surface area contributed by atoms with Gasteiger partial charge in [-0.1, -0.05) is 24.6 Å². The lowest BCUT2D eigenvalue weighted by atomic mass is 10.2. The van der Waals surface area contributed by atoms with E-state index in [0.29, 0.717) is 5.02 Å². The van der Waals surface area contributed by atoms with Crippen molar-refractivity contribution in [1.82, 2.24) is 0 Å². The normalized spacial score (nSPS) is 9.36. The molecule has 0 radical (unpaired) electrons. The first-order valence-electron chi connectivity index (χ1n) is 4.62. The van der Waals surface area contributed by atoms with Crippen molar-refractivity contribution in [2.45, 2.75) is 20.3 Å². The Morgan fingerprint density at radius 2 is 2.21 bits per heavy atom. The Hall–Kier alpha value is -1.11. The van der Waals surface area contributed by atoms with Crippen molar-refractivity contribution < 1.29 is 0 Å². The van der Waals surface area contributed by atoms with E-state index >= 15 is 0 Å². The van der Waals surface area contributed by atoms with Crippen molar-refractivity contribution in [3.05, 3.63) is 28.8 Å². The average molecular weight is 209 g/mol. The third kappa shape index (κ3) is 3.33. The van der Waals surface area contributed by atoms with Crippen molar-refractivity contribution >= 4 is 23.3 Å². The van der Waals surface area contributed by atoms with Crippen molar-refractivity contribution in [3.8, 4) is 0 Å². The number of nitrogens with zero attached hydrogens (tertiary/aromatic N) is 2. The van der Waals surface area contributed by atoms with Crippen molar-refractivity contribution in [3.63, 3.8) is 0 Å². The van der Waals surface area contributed by atoms with Gasteiger partial charge in [-0.3, -0.25) is 0 Å². The highest BCUT2D eigenvalue weighted by molar-refractivity contribution is 6.30. The van der Waals surface area contributed by atoms with Crippen LogP contribution in [0.4, 0.5) is 5.69 Å². The van der Waals surface area contributed by atoms with Crippen LogP contribution in [0.25, 0.3) is 0 Å². The summed E-state index contributed by atoms with van der Waals surface area (Å²) < 4.78 is 0. The highest BCUT2D eigenvalue weighted by Crippen LogP contribution is 2.22. The number of aryl methyl sites for hydroxylation is 1. The Balaban J connectivity index is 2.85. The zero-order chi connectivity index (χ0) is 10.4. The van der Waals surface area contributed by atoms with Crippen LogP contribution in [0.15, 0.2) is 28.2 Å². The molecular formula is C11H13ClN2. The molecule has 3 heteroatoms. The molecule has 1 aromatic carbocycles. The summed E-state index contributed by atoms with van der Waals surface area (Å²) in [5.74, 6) is 0. The number of rotatable bonds is 3. The molecule has 0 aliphatic heterocycles. The van der Waals surface area contributed by atoms with E-state index in [1.807, 2.05) is 25.1 Å². The minimum atomic E-state index is 0.687. The summed E-state index contributed by atoms with van der Waals surface area (Å²) in [5.41, 5.74) is 1.91. The van der Waals surface area contributed by atoms with Gasteiger partial charge in [0, 0.05) is 11.6 Å². The van der Waals surface area contributed by atoms with Gasteiger partial charge in [-0.25, -0.2) is 4.99 Å². The van der Waals surface area contributed by atoms with E-state index in [4.69, 9.17) is 11.6 Å². The summed E-state index contributed by atoms with van der Waals surface area (Å²) in [6.45, 7) is 4.82. The third-order valence-electron chi connectivity index (χ3n) is 1.75. The Morgan fingerprint density at radius 3 is 2.93 bits per heavy atom. The second-order valence-electron chi connectivity index (χ2n) is 3.02. The molecule has 0 aliphatic rings. The molecule has 0 aromatic heterocycles. The Bertz CT molecular complexity index is 366. The molecule has 0 aliphatic carbocycles. The molecule has 0 heterocycles. The topological polar surface area (TPSA) is 24.7 Å². The minimum absolute atomic E-state index is 0.687. The maximum Gasteiger partial charge on any atom is 0.0949 e. The van der Waals surface area contributed by atoms with Gasteiger partial charge >= 0.3 is 0 Å². The summed E-state index contributed by atoms with van der Waals surface area (Å²) in [6, 6.07) is 8.25. The molecule has 0 saturated carbocycles. The lowest BCUT2D eigenvalue weighted by molar-refractivity contribution is 0.937. The van der Waals surface area contributed by atoms with E-state index in [-0.39, 0.29) is 0 Å². The van der Waals surface area contributed by atoms with Crippen LogP contribution < -0.4 is 0 Å². The van der Waals surface area contributed by atoms with Crippen LogP contribution in [-0.2, 0) is 0 Å². The van der Waals surface area contributed by atoms with Gasteiger partial charge in [-0.15, -0.1) is 0 Å². The molecule has 14 heavy (non-hydrogen) atoms. The van der Waals surface area contributed by atoms with Gasteiger partial charge in [-0.2, -0.15) is 4.99 Å². The van der Waals surface area contributed by atoms with Crippen LogP contribution in [0.3, 0.4) is 0 Å². The predicted octanol–water partition coefficient (Wildman–Crippen LogP) is 3.86. The molecule has 0 atom stereocenters. The lowest BCUT2D eigenvalue weighted by Crippen LogP contribution is -1.75. The first-order chi connectivity index (χ1) is 6.74. The number of aliphatic imine (C=N–C) groups is 2. The van der Waals surface area contributed by atoms with Crippen LogP contribution in [-0.4, -0.2) is 12.6 Å². The molecule has 1 aromatic rings. The maximum atomic E-state index is 5.84. The third-order valence-corrected chi connectivity index (χ3v) is 1.98. The fourth-order valence-corrected chi connectivity index (χ4v) is 1.12. The van der Waals surface area contributed by atoms with Crippen LogP contribution in [0, 0.1) is 6.92 Å². The molecule has 0 bridgehead atoms. The average Bonchev–Trinajstić information content (AvgIpc) is 2.18. The minimum Gasteiger partial charge on any atom is -0.225 e. The molecule has 0 amide bonds. The number of halogens is 1. The second kappa shape index (κ2) is 5.58. The summed E-state index contributed by atoms with van der Waals surface area (Å²) in [7, 11) is 0. The monoisotopic (exact) mass is 208 g/mol. The van der Waals surface area contributed by atoms with Gasteiger partial charge in [0.15, 0.2) is 0 Å². The predicted molar refractivity (Wildman–Crippen MR) is 60.9 cm³/mol. The fraction of sp³-hybridized carbons (Fsp3) is 0.364. The molecule has 74 valence electrons. The lowest BCUT2D eigenvalue weighted by Gasteiger charge is -1.97. The standard InChI is InChI=1S/C11H13ClN2/c1-3-6-13-8-14-11-7-10(12)5-4-9(11)2/h4-5,7H,3,6H2,1-2H3. The van der Waals surface area contributed by atoms with E-state index in [2.05, 4.69) is 22.9 Å². The Morgan fingerprint density at radius 1 is 1.43 bits per heavy atom. The van der Waals surface area contributed by atoms with Gasteiger partial charge in [0.2, 0.25) is 0 Å². The van der Waals surface area contributed by atoms with E-state index in [1.54, 1.807) is 0 Å². The van der Waals surface area contributed by atoms with Gasteiger partial charge in [0.1, 0.15) is 0 Å². The second-order valence-corrected chi connectivity index (χ2v) is 3.46. The molecule has 1 rings (SSSR count). The molecule has 2 nitrogen and oxygen atoms in total. The zero-order valence-corrected chi connectivity index (χ0v) is 9.17. The van der Waals surface area contributed by atoms with Gasteiger partial charge in [-0.05, 0) is 31.0 Å². The first-order valence-corrected chi connectivity index (χ1v) is 5.00. The summed E-state index contributed by atoms with van der Waals surface area (Å²) in [5, 5.41) is 0.687. The van der Waals surface area contributed by atoms with Gasteiger partial charge in [0.05, 0.1) is 11.7 Å². The summed E-state index contributed by atoms with van der Waals surface area (Å²) in [6.07, 6.45) is 1.01. The largest absolute Gasteiger partial charge is 0.225 e. The molecule has 0 saturated heterocycles. The molecule has 0 unspecified atom stereocenters. The number of hydrogen-bond acceptors (Lipinski definition) is 2. The van der Waals surface area contributed by atoms with Crippen LogP contribution in [0.2, 0.25) is 5.02 Å². The number of hydrogen-bond donors (Lipinski definition) is 0. The van der Waals surface area contributed by atoms with Crippen LogP contribution in [0.1, 0.15) is 18.9 Å². The fourth-order valence-electron chi connectivity index (χ4n) is 0.954. The Kier molecular flexibility index (Phi) is 4.37. The first kappa shape index (κ1) is 11.0. The van der Waals surface area contributed by atoms with Crippen LogP contribution >= 0.6 is 11.6 Å². The van der Waals surface area contributed by atoms with E-state index < -0.39 is 0 Å². The molecule has 0 fully saturated rings. The highest BCUT2D eigenvalue weighted by atomic mass is 35.5. The van der Waals surface area contributed by atoms with E-state index in [1.165, 1.54) is 0 Å². The molecule has 0 spiro atoms. The van der Waals surface area contributed by atoms with Gasteiger partial charge < -0.3 is 0 Å². The smallest absolute Gasteiger partial charge is 0.0949 e. The highest BCUT2D eigenvalue weighted by Gasteiger charge is 1.95. The van der Waals surface area contributed by atoms with Crippen molar-refractivity contribution in [1.29, 1.82) is 0 Å². The maximum absolute atomic E-state index is 5.84. The van der Waals surface area contributed by atoms with Gasteiger partial charge in [0.25, 0.3) is 0 Å². The summed E-state index contributed by atoms with van der Waals surface area (Å²) in [4.78, 5) is 8.10. The quantitative estimate of drug-likeness (QED) is 0.674. The molecule has 0 N–H and O–H groups in total. The Labute approximate surface area is 89.4 Å².